The average Bonchev–Trinajstić information content (AvgIpc) is 2.94. The van der Waals surface area contributed by atoms with E-state index in [2.05, 4.69) is 32.3 Å². The fourth-order valence-corrected chi connectivity index (χ4v) is 2.50. The Morgan fingerprint density at radius 1 is 1.50 bits per heavy atom. The van der Waals surface area contributed by atoms with E-state index >= 15 is 0 Å². The molecule has 0 radical (unpaired) electrons. The minimum Gasteiger partial charge on any atom is -0.370 e. The van der Waals surface area contributed by atoms with Crippen molar-refractivity contribution in [2.24, 2.45) is 5.92 Å². The second-order valence-electron chi connectivity index (χ2n) is 5.05. The highest BCUT2D eigenvalue weighted by molar-refractivity contribution is 5.44. The van der Waals surface area contributed by atoms with Crippen molar-refractivity contribution in [3.8, 4) is 0 Å². The number of hydrogen-bond donors (Lipinski definition) is 1. The molecule has 0 saturated carbocycles. The molecule has 3 heterocycles. The van der Waals surface area contributed by atoms with E-state index in [1.54, 1.807) is 4.52 Å². The van der Waals surface area contributed by atoms with Crippen LogP contribution in [0.2, 0.25) is 0 Å². The summed E-state index contributed by atoms with van der Waals surface area (Å²) in [7, 11) is 2.17. The Bertz CT molecular complexity index is 548. The molecule has 0 amide bonds. The van der Waals surface area contributed by atoms with Crippen LogP contribution in [0, 0.1) is 12.8 Å². The number of rotatable bonds is 3. The van der Waals surface area contributed by atoms with Gasteiger partial charge in [0.2, 0.25) is 0 Å². The molecule has 0 aromatic carbocycles. The van der Waals surface area contributed by atoms with Gasteiger partial charge in [-0.15, -0.1) is 0 Å². The highest BCUT2D eigenvalue weighted by atomic mass is 15.3. The lowest BCUT2D eigenvalue weighted by molar-refractivity contribution is 0.399. The summed E-state index contributed by atoms with van der Waals surface area (Å²) in [5, 5.41) is 7.66. The van der Waals surface area contributed by atoms with Gasteiger partial charge >= 0.3 is 0 Å². The monoisotopic (exact) mass is 246 g/mol. The maximum atomic E-state index is 4.33. The highest BCUT2D eigenvalue weighted by Gasteiger charge is 2.19. The molecule has 1 saturated heterocycles. The van der Waals surface area contributed by atoms with Crippen LogP contribution in [0.4, 0.5) is 5.82 Å². The van der Waals surface area contributed by atoms with E-state index in [9.17, 15) is 0 Å². The maximum Gasteiger partial charge on any atom is 0.254 e. The first-order valence-electron chi connectivity index (χ1n) is 6.32. The Morgan fingerprint density at radius 3 is 3.17 bits per heavy atom. The summed E-state index contributed by atoms with van der Waals surface area (Å²) < 4.78 is 1.76. The molecule has 0 aliphatic carbocycles. The van der Waals surface area contributed by atoms with Gasteiger partial charge in [-0.05, 0) is 32.9 Å². The van der Waals surface area contributed by atoms with Crippen molar-refractivity contribution >= 4 is 11.6 Å². The zero-order valence-corrected chi connectivity index (χ0v) is 10.8. The molecule has 6 nitrogen and oxygen atoms in total. The van der Waals surface area contributed by atoms with Gasteiger partial charge in [0.15, 0.2) is 0 Å². The van der Waals surface area contributed by atoms with Crippen LogP contribution < -0.4 is 5.32 Å². The SMILES string of the molecule is Cc1cc(NCC2CCN(C)C2)n2ncnc2n1. The molecule has 1 aliphatic heterocycles. The zero-order chi connectivity index (χ0) is 12.5. The fraction of sp³-hybridized carbons (Fsp3) is 0.583. The predicted octanol–water partition coefficient (Wildman–Crippen LogP) is 0.796. The van der Waals surface area contributed by atoms with Crippen molar-refractivity contribution in [3.63, 3.8) is 0 Å². The van der Waals surface area contributed by atoms with Gasteiger partial charge in [0.1, 0.15) is 12.1 Å². The number of likely N-dealkylation sites (tertiary alicyclic amines) is 1. The molecule has 96 valence electrons. The largest absolute Gasteiger partial charge is 0.370 e. The number of anilines is 1. The predicted molar refractivity (Wildman–Crippen MR) is 69.6 cm³/mol. The minimum atomic E-state index is 0.654. The minimum absolute atomic E-state index is 0.654. The summed E-state index contributed by atoms with van der Waals surface area (Å²) in [6, 6.07) is 2.01. The maximum absolute atomic E-state index is 4.33. The number of nitrogens with one attached hydrogen (secondary N) is 1. The van der Waals surface area contributed by atoms with Crippen molar-refractivity contribution in [1.82, 2.24) is 24.5 Å². The quantitative estimate of drug-likeness (QED) is 0.868. The number of fused-ring (bicyclic) bond motifs is 1. The van der Waals surface area contributed by atoms with Crippen LogP contribution in [0.1, 0.15) is 12.1 Å². The van der Waals surface area contributed by atoms with Crippen LogP contribution in [0.25, 0.3) is 5.78 Å². The molecule has 1 aliphatic rings. The first-order valence-corrected chi connectivity index (χ1v) is 6.32. The van der Waals surface area contributed by atoms with Crippen LogP contribution >= 0.6 is 0 Å². The van der Waals surface area contributed by atoms with E-state index in [4.69, 9.17) is 0 Å². The number of nitrogens with zero attached hydrogens (tertiary/aromatic N) is 5. The molecule has 6 heteroatoms. The van der Waals surface area contributed by atoms with Gasteiger partial charge in [-0.25, -0.2) is 4.98 Å². The van der Waals surface area contributed by atoms with E-state index in [-0.39, 0.29) is 0 Å². The van der Waals surface area contributed by atoms with Gasteiger partial charge in [0.05, 0.1) is 0 Å². The van der Waals surface area contributed by atoms with Crippen molar-refractivity contribution in [1.29, 1.82) is 0 Å². The standard InChI is InChI=1S/C12H18N6/c1-9-5-11(18-12(16-9)14-8-15-18)13-6-10-3-4-17(2)7-10/h5,8,10,13H,3-4,6-7H2,1-2H3. The Labute approximate surface area is 106 Å². The van der Waals surface area contributed by atoms with Crippen molar-refractivity contribution in [2.75, 3.05) is 32.0 Å². The lowest BCUT2D eigenvalue weighted by atomic mass is 10.1. The van der Waals surface area contributed by atoms with Gasteiger partial charge in [0.25, 0.3) is 5.78 Å². The molecule has 1 atom stereocenters. The topological polar surface area (TPSA) is 58.4 Å². The lowest BCUT2D eigenvalue weighted by Crippen LogP contribution is -2.20. The fourth-order valence-electron chi connectivity index (χ4n) is 2.50. The Morgan fingerprint density at radius 2 is 2.39 bits per heavy atom. The summed E-state index contributed by atoms with van der Waals surface area (Å²) in [6.07, 6.45) is 2.80. The van der Waals surface area contributed by atoms with Crippen LogP contribution in [-0.4, -0.2) is 51.2 Å². The van der Waals surface area contributed by atoms with E-state index < -0.39 is 0 Å². The van der Waals surface area contributed by atoms with Gasteiger partial charge in [-0.1, -0.05) is 0 Å². The second-order valence-corrected chi connectivity index (χ2v) is 5.05. The molecule has 1 N–H and O–H groups in total. The summed E-state index contributed by atoms with van der Waals surface area (Å²) in [5.74, 6) is 2.34. The highest BCUT2D eigenvalue weighted by Crippen LogP contribution is 2.16. The van der Waals surface area contributed by atoms with Crippen LogP contribution in [0.5, 0.6) is 0 Å². The molecule has 3 rings (SSSR count). The zero-order valence-electron chi connectivity index (χ0n) is 10.8. The third-order valence-electron chi connectivity index (χ3n) is 3.44. The van der Waals surface area contributed by atoms with Gasteiger partial charge in [-0.3, -0.25) is 0 Å². The third-order valence-corrected chi connectivity index (χ3v) is 3.44. The summed E-state index contributed by atoms with van der Waals surface area (Å²) in [6.45, 7) is 5.31. The van der Waals surface area contributed by atoms with Crippen LogP contribution in [-0.2, 0) is 0 Å². The van der Waals surface area contributed by atoms with E-state index in [0.29, 0.717) is 11.7 Å². The molecule has 2 aromatic rings. The number of aromatic nitrogens is 4. The van der Waals surface area contributed by atoms with Crippen LogP contribution in [0.15, 0.2) is 12.4 Å². The summed E-state index contributed by atoms with van der Waals surface area (Å²) in [5.41, 5.74) is 0.960. The van der Waals surface area contributed by atoms with Crippen molar-refractivity contribution in [2.45, 2.75) is 13.3 Å². The van der Waals surface area contributed by atoms with Gasteiger partial charge in [-0.2, -0.15) is 14.6 Å². The Hall–Kier alpha value is -1.69. The van der Waals surface area contributed by atoms with E-state index in [1.807, 2.05) is 13.0 Å². The Balaban J connectivity index is 1.75. The molecule has 1 fully saturated rings. The third kappa shape index (κ3) is 2.15. The average molecular weight is 246 g/mol. The smallest absolute Gasteiger partial charge is 0.254 e. The van der Waals surface area contributed by atoms with Crippen molar-refractivity contribution in [3.05, 3.63) is 18.1 Å². The number of hydrogen-bond acceptors (Lipinski definition) is 5. The Kier molecular flexibility index (Phi) is 2.87. The van der Waals surface area contributed by atoms with Crippen LogP contribution in [0.3, 0.4) is 0 Å². The van der Waals surface area contributed by atoms with E-state index in [1.165, 1.54) is 19.3 Å². The first kappa shape index (κ1) is 11.4. The molecule has 1 unspecified atom stereocenters. The van der Waals surface area contributed by atoms with Gasteiger partial charge < -0.3 is 10.2 Å². The second kappa shape index (κ2) is 4.53. The van der Waals surface area contributed by atoms with Crippen molar-refractivity contribution < 1.29 is 0 Å². The number of aryl methyl sites for hydroxylation is 1. The van der Waals surface area contributed by atoms with E-state index in [0.717, 1.165) is 24.6 Å². The molecule has 0 bridgehead atoms. The molecular formula is C12H18N6. The lowest BCUT2D eigenvalue weighted by Gasteiger charge is -2.13. The normalized spacial score (nSPS) is 20.7. The molecule has 2 aromatic heterocycles. The molecular weight excluding hydrogens is 228 g/mol. The summed E-state index contributed by atoms with van der Waals surface area (Å²) in [4.78, 5) is 10.8. The molecule has 18 heavy (non-hydrogen) atoms. The van der Waals surface area contributed by atoms with Gasteiger partial charge in [0, 0.05) is 24.8 Å². The first-order chi connectivity index (χ1) is 8.72. The summed E-state index contributed by atoms with van der Waals surface area (Å²) >= 11 is 0. The molecule has 0 spiro atoms.